The first kappa shape index (κ1) is 23.0. The monoisotopic (exact) mass is 390 g/mol. The van der Waals surface area contributed by atoms with Crippen LogP contribution in [0.3, 0.4) is 0 Å². The van der Waals surface area contributed by atoms with Crippen LogP contribution in [0.15, 0.2) is 11.6 Å². The lowest BCUT2D eigenvalue weighted by Crippen LogP contribution is -2.68. The van der Waals surface area contributed by atoms with E-state index in [-0.39, 0.29) is 12.0 Å². The molecule has 0 N–H and O–H groups in total. The number of halogens is 7. The highest BCUT2D eigenvalue weighted by Crippen LogP contribution is 2.57. The maximum Gasteiger partial charge on any atom is 0.456 e. The minimum Gasteiger partial charge on any atom is -0.296 e. The van der Waals surface area contributed by atoms with Crippen molar-refractivity contribution < 1.29 is 35.5 Å². The third-order valence-electron chi connectivity index (χ3n) is 4.94. The number of alkyl halides is 7. The molecule has 2 unspecified atom stereocenters. The summed E-state index contributed by atoms with van der Waals surface area (Å²) in [5, 5.41) is 0. The second-order valence-corrected chi connectivity index (χ2v) is 7.05. The minimum atomic E-state index is -6.29. The molecule has 0 aromatic rings. The van der Waals surface area contributed by atoms with E-state index in [1.165, 1.54) is 0 Å². The van der Waals surface area contributed by atoms with E-state index in [0.717, 1.165) is 38.7 Å². The first-order valence-corrected chi connectivity index (χ1v) is 8.85. The van der Waals surface area contributed by atoms with Crippen molar-refractivity contribution in [3.8, 4) is 0 Å². The molecule has 26 heavy (non-hydrogen) atoms. The van der Waals surface area contributed by atoms with Crippen LogP contribution in [0.5, 0.6) is 0 Å². The van der Waals surface area contributed by atoms with Gasteiger partial charge in [-0.25, -0.2) is 8.78 Å². The quantitative estimate of drug-likeness (QED) is 0.244. The Kier molecular flexibility index (Phi) is 7.33. The Hall–Kier alpha value is -1.08. The lowest BCUT2D eigenvalue weighted by atomic mass is 9.68. The van der Waals surface area contributed by atoms with Crippen LogP contribution in [0.25, 0.3) is 0 Å². The highest BCUT2D eigenvalue weighted by atomic mass is 19.4. The van der Waals surface area contributed by atoms with E-state index in [9.17, 15) is 31.1 Å². The van der Waals surface area contributed by atoms with Gasteiger partial charge in [0.25, 0.3) is 0 Å². The number of rotatable bonds is 9. The first-order valence-electron chi connectivity index (χ1n) is 8.85. The van der Waals surface area contributed by atoms with Crippen LogP contribution in [-0.2, 0) is 4.79 Å². The SMILES string of the molecule is CCCCCCCCC(=O)C1(F)CC=C(C)CC1(F)C(F)(F)C(F)(F)F. The molecular formula is C18H25F7O. The summed E-state index contributed by atoms with van der Waals surface area (Å²) in [4.78, 5) is 12.2. The second kappa shape index (κ2) is 8.30. The summed E-state index contributed by atoms with van der Waals surface area (Å²) in [6, 6.07) is 0. The Labute approximate surface area is 149 Å². The van der Waals surface area contributed by atoms with Crippen molar-refractivity contribution in [3.63, 3.8) is 0 Å². The third kappa shape index (κ3) is 4.25. The van der Waals surface area contributed by atoms with Gasteiger partial charge < -0.3 is 0 Å². The molecule has 0 amide bonds. The van der Waals surface area contributed by atoms with Gasteiger partial charge in [0.2, 0.25) is 11.3 Å². The average Bonchev–Trinajstić information content (AvgIpc) is 2.53. The predicted octanol–water partition coefficient (Wildman–Crippen LogP) is 6.66. The van der Waals surface area contributed by atoms with Gasteiger partial charge in [0.1, 0.15) is 0 Å². The van der Waals surface area contributed by atoms with Crippen molar-refractivity contribution in [1.29, 1.82) is 0 Å². The van der Waals surface area contributed by atoms with Gasteiger partial charge in [-0.3, -0.25) is 4.79 Å². The molecule has 1 rings (SSSR count). The third-order valence-corrected chi connectivity index (χ3v) is 4.94. The molecule has 1 aliphatic rings. The van der Waals surface area contributed by atoms with Gasteiger partial charge in [-0.2, -0.15) is 22.0 Å². The predicted molar refractivity (Wildman–Crippen MR) is 84.7 cm³/mol. The molecule has 0 aliphatic heterocycles. The Morgan fingerprint density at radius 3 is 2.12 bits per heavy atom. The van der Waals surface area contributed by atoms with Gasteiger partial charge >= 0.3 is 12.1 Å². The van der Waals surface area contributed by atoms with Crippen molar-refractivity contribution in [2.24, 2.45) is 0 Å². The number of unbranched alkanes of at least 4 members (excludes halogenated alkanes) is 5. The zero-order valence-corrected chi connectivity index (χ0v) is 15.0. The molecule has 2 atom stereocenters. The zero-order chi connectivity index (χ0) is 20.2. The number of carbonyl (C=O) groups excluding carboxylic acids is 1. The number of hydrogen-bond donors (Lipinski definition) is 0. The molecule has 152 valence electrons. The fourth-order valence-electron chi connectivity index (χ4n) is 3.26. The zero-order valence-electron chi connectivity index (χ0n) is 15.0. The largest absolute Gasteiger partial charge is 0.456 e. The average molecular weight is 390 g/mol. The van der Waals surface area contributed by atoms with Crippen LogP contribution in [0.4, 0.5) is 30.7 Å². The topological polar surface area (TPSA) is 17.1 Å². The fourth-order valence-corrected chi connectivity index (χ4v) is 3.26. The summed E-state index contributed by atoms with van der Waals surface area (Å²) < 4.78 is 95.9. The van der Waals surface area contributed by atoms with Crippen LogP contribution in [-0.4, -0.2) is 29.2 Å². The van der Waals surface area contributed by atoms with E-state index in [0.29, 0.717) is 6.42 Å². The minimum absolute atomic E-state index is 0.130. The maximum atomic E-state index is 15.1. The number of hydrogen-bond acceptors (Lipinski definition) is 1. The number of allylic oxidation sites excluding steroid dienone is 2. The van der Waals surface area contributed by atoms with Gasteiger partial charge in [-0.15, -0.1) is 0 Å². The standard InChI is InChI=1S/C18H25F7O/c1-3-4-5-6-7-8-9-14(26)15(19)11-10-13(2)12-16(15,20)17(21,22)18(23,24)25/h10H,3-9,11-12H2,1-2H3. The molecule has 0 saturated carbocycles. The van der Waals surface area contributed by atoms with Gasteiger partial charge in [0.05, 0.1) is 0 Å². The van der Waals surface area contributed by atoms with E-state index in [2.05, 4.69) is 0 Å². The number of carbonyl (C=O) groups is 1. The highest BCUT2D eigenvalue weighted by molar-refractivity contribution is 5.89. The molecule has 0 aromatic heterocycles. The van der Waals surface area contributed by atoms with E-state index in [4.69, 9.17) is 0 Å². The van der Waals surface area contributed by atoms with E-state index < -0.39 is 48.5 Å². The van der Waals surface area contributed by atoms with Gasteiger partial charge in [0.15, 0.2) is 5.78 Å². The van der Waals surface area contributed by atoms with Crippen LogP contribution >= 0.6 is 0 Å². The number of ketones is 1. The van der Waals surface area contributed by atoms with Gasteiger partial charge in [0, 0.05) is 19.3 Å². The van der Waals surface area contributed by atoms with Crippen molar-refractivity contribution in [1.82, 2.24) is 0 Å². The summed E-state index contributed by atoms with van der Waals surface area (Å²) in [6.07, 6.45) is -4.23. The molecule has 0 saturated heterocycles. The van der Waals surface area contributed by atoms with Crippen molar-refractivity contribution in [2.75, 3.05) is 0 Å². The van der Waals surface area contributed by atoms with Crippen molar-refractivity contribution in [3.05, 3.63) is 11.6 Å². The molecule has 0 fully saturated rings. The van der Waals surface area contributed by atoms with E-state index >= 15 is 4.39 Å². The van der Waals surface area contributed by atoms with Crippen LogP contribution < -0.4 is 0 Å². The molecule has 0 radical (unpaired) electrons. The Balaban J connectivity index is 2.99. The molecular weight excluding hydrogens is 365 g/mol. The lowest BCUT2D eigenvalue weighted by Gasteiger charge is -2.45. The summed E-state index contributed by atoms with van der Waals surface area (Å²) in [7, 11) is 0. The first-order chi connectivity index (χ1) is 11.8. The van der Waals surface area contributed by atoms with Crippen LogP contribution in [0, 0.1) is 0 Å². The summed E-state index contributed by atoms with van der Waals surface area (Å²) in [6.45, 7) is 3.13. The fraction of sp³-hybridized carbons (Fsp3) is 0.833. The summed E-state index contributed by atoms with van der Waals surface area (Å²) in [5.74, 6) is -7.50. The van der Waals surface area contributed by atoms with Crippen molar-refractivity contribution in [2.45, 2.75) is 95.1 Å². The Bertz CT molecular complexity index is 526. The van der Waals surface area contributed by atoms with Gasteiger partial charge in [-0.1, -0.05) is 50.7 Å². The molecule has 0 bridgehead atoms. The molecule has 8 heteroatoms. The van der Waals surface area contributed by atoms with Gasteiger partial charge in [-0.05, 0) is 13.3 Å². The maximum absolute atomic E-state index is 15.1. The van der Waals surface area contributed by atoms with E-state index in [1.807, 2.05) is 6.92 Å². The molecule has 0 heterocycles. The summed E-state index contributed by atoms with van der Waals surface area (Å²) in [5.41, 5.74) is -8.68. The van der Waals surface area contributed by atoms with Crippen molar-refractivity contribution >= 4 is 5.78 Å². The normalized spacial score (nSPS) is 27.3. The molecule has 0 spiro atoms. The van der Waals surface area contributed by atoms with E-state index in [1.54, 1.807) is 0 Å². The summed E-state index contributed by atoms with van der Waals surface area (Å²) >= 11 is 0. The molecule has 1 aliphatic carbocycles. The number of Topliss-reactive ketones (excluding diaryl/α,β-unsaturated/α-hetero) is 1. The molecule has 0 aromatic carbocycles. The Morgan fingerprint density at radius 1 is 1.04 bits per heavy atom. The lowest BCUT2D eigenvalue weighted by molar-refractivity contribution is -0.344. The second-order valence-electron chi connectivity index (χ2n) is 7.05. The van der Waals surface area contributed by atoms with Crippen LogP contribution in [0.2, 0.25) is 0 Å². The smallest absolute Gasteiger partial charge is 0.296 e. The highest BCUT2D eigenvalue weighted by Gasteiger charge is 2.80. The Morgan fingerprint density at radius 2 is 1.58 bits per heavy atom. The molecule has 1 nitrogen and oxygen atoms in total. The van der Waals surface area contributed by atoms with Crippen LogP contribution in [0.1, 0.15) is 71.6 Å².